The van der Waals surface area contributed by atoms with Gasteiger partial charge in [0.2, 0.25) is 0 Å². The van der Waals surface area contributed by atoms with E-state index in [1.807, 2.05) is 0 Å². The summed E-state index contributed by atoms with van der Waals surface area (Å²) in [6.07, 6.45) is 6.16. The number of halogens is 2. The minimum absolute atomic E-state index is 0. The first-order valence-corrected chi connectivity index (χ1v) is 16.7. The van der Waals surface area contributed by atoms with Gasteiger partial charge in [-0.1, -0.05) is 0 Å². The Morgan fingerprint density at radius 3 is 1.76 bits per heavy atom. The normalized spacial score (nSPS) is 13.3. The van der Waals surface area contributed by atoms with E-state index in [9.17, 15) is 0 Å². The van der Waals surface area contributed by atoms with Crippen molar-refractivity contribution in [3.63, 3.8) is 0 Å². The predicted molar refractivity (Wildman–Crippen MR) is 151 cm³/mol. The SMILES string of the molecule is CC(C)(C)C1=CC[C]([Zr+2][C]2=c3c(cccc3=[Si](c3ccccc3)c3ccccc3)-c3ccccc32)=C1.[Cl-].[Cl-]. The van der Waals surface area contributed by atoms with Gasteiger partial charge in [0.15, 0.2) is 0 Å². The van der Waals surface area contributed by atoms with E-state index in [2.05, 4.69) is 136 Å². The molecule has 0 amide bonds. The molecule has 0 aliphatic heterocycles. The molecule has 38 heavy (non-hydrogen) atoms. The summed E-state index contributed by atoms with van der Waals surface area (Å²) in [6, 6.07) is 38.6. The van der Waals surface area contributed by atoms with Crippen molar-refractivity contribution in [2.45, 2.75) is 27.2 Å². The van der Waals surface area contributed by atoms with Crippen molar-refractivity contribution >= 4 is 22.1 Å². The zero-order valence-corrected chi connectivity index (χ0v) is 26.9. The summed E-state index contributed by atoms with van der Waals surface area (Å²) in [5.74, 6) is 0. The molecule has 4 aromatic rings. The van der Waals surface area contributed by atoms with Crippen LogP contribution in [0.5, 0.6) is 0 Å². The third-order valence-electron chi connectivity index (χ3n) is 7.22. The van der Waals surface area contributed by atoms with Gasteiger partial charge in [-0.3, -0.25) is 0 Å². The van der Waals surface area contributed by atoms with E-state index in [4.69, 9.17) is 0 Å². The Bertz CT molecular complexity index is 1600. The quantitative estimate of drug-likeness (QED) is 0.286. The van der Waals surface area contributed by atoms with Gasteiger partial charge in [0.25, 0.3) is 0 Å². The molecule has 0 nitrogen and oxygen atoms in total. The van der Waals surface area contributed by atoms with Crippen LogP contribution < -0.4 is 40.4 Å². The summed E-state index contributed by atoms with van der Waals surface area (Å²) >= 11 is -0.978. The molecule has 0 bridgehead atoms. The monoisotopic (exact) mass is 626 g/mol. The van der Waals surface area contributed by atoms with Gasteiger partial charge in [0, 0.05) is 0 Å². The van der Waals surface area contributed by atoms with Crippen LogP contribution in [0.15, 0.2) is 124 Å². The van der Waals surface area contributed by atoms with Crippen molar-refractivity contribution in [3.8, 4) is 11.1 Å². The molecule has 0 saturated carbocycles. The van der Waals surface area contributed by atoms with E-state index in [1.165, 1.54) is 32.6 Å². The average Bonchev–Trinajstić information content (AvgIpc) is 3.50. The van der Waals surface area contributed by atoms with E-state index in [1.54, 1.807) is 16.6 Å². The van der Waals surface area contributed by atoms with Gasteiger partial charge in [-0.05, 0) is 0 Å². The average molecular weight is 629 g/mol. The summed E-state index contributed by atoms with van der Waals surface area (Å²) in [5.41, 5.74) is 6.08. The van der Waals surface area contributed by atoms with Gasteiger partial charge in [-0.2, -0.15) is 0 Å². The summed E-state index contributed by atoms with van der Waals surface area (Å²) in [5, 5.41) is 4.47. The molecule has 0 aromatic heterocycles. The molecule has 4 heteroatoms. The summed E-state index contributed by atoms with van der Waals surface area (Å²) < 4.78 is 3.37. The van der Waals surface area contributed by atoms with Crippen LogP contribution in [0.3, 0.4) is 0 Å². The van der Waals surface area contributed by atoms with Gasteiger partial charge in [0.1, 0.15) is 0 Å². The first kappa shape index (κ1) is 28.9. The van der Waals surface area contributed by atoms with Crippen LogP contribution in [0.4, 0.5) is 0 Å². The van der Waals surface area contributed by atoms with Crippen LogP contribution in [0.25, 0.3) is 14.4 Å². The topological polar surface area (TPSA) is 0 Å². The molecule has 0 fully saturated rings. The Morgan fingerprint density at radius 2 is 1.18 bits per heavy atom. The number of hydrogen-bond acceptors (Lipinski definition) is 0. The fraction of sp³-hybridized carbons (Fsp3) is 0.147. The van der Waals surface area contributed by atoms with Gasteiger partial charge in [-0.25, -0.2) is 0 Å². The minimum atomic E-state index is -1.14. The third-order valence-corrected chi connectivity index (χ3v) is 13.5. The Balaban J connectivity index is 0.00000168. The molecule has 0 radical (unpaired) electrons. The molecule has 0 unspecified atom stereocenters. The minimum Gasteiger partial charge on any atom is -1.00 e. The standard InChI is InChI=1S/C25H17Si.C9H13.2ClH.Zr/c1-3-11-20(12-4-1)26(21-13-5-2-6-14-21)25-17-9-16-23-22-15-8-7-10-19(22)18-24(23)25;1-9(2,3)8-6-4-5-7-8;;;/h1-17H;6-7H,4H2,1-3H3;2*1H;/q;;;;+2/p-2. The summed E-state index contributed by atoms with van der Waals surface area (Å²) in [6.45, 7) is 7.01. The van der Waals surface area contributed by atoms with E-state index in [-0.39, 0.29) is 30.2 Å². The number of hydrogen-bond donors (Lipinski definition) is 0. The molecule has 0 heterocycles. The van der Waals surface area contributed by atoms with Crippen LogP contribution in [0.1, 0.15) is 32.8 Å². The second kappa shape index (κ2) is 12.0. The Labute approximate surface area is 251 Å². The van der Waals surface area contributed by atoms with Gasteiger partial charge in [0.05, 0.1) is 0 Å². The van der Waals surface area contributed by atoms with Gasteiger partial charge < -0.3 is 24.8 Å². The molecule has 2 aliphatic rings. The number of allylic oxidation sites excluding steroid dienone is 4. The van der Waals surface area contributed by atoms with Crippen LogP contribution in [-0.4, -0.2) is 8.41 Å². The van der Waals surface area contributed by atoms with Crippen molar-refractivity contribution < 1.29 is 48.0 Å². The van der Waals surface area contributed by atoms with E-state index in [0.717, 1.165) is 6.42 Å². The van der Waals surface area contributed by atoms with Crippen LogP contribution >= 0.6 is 0 Å². The Morgan fingerprint density at radius 1 is 0.632 bits per heavy atom. The Hall–Kier alpha value is -2.09. The second-order valence-corrected chi connectivity index (χ2v) is 16.5. The molecule has 2 aliphatic carbocycles. The number of rotatable bonds is 4. The fourth-order valence-electron chi connectivity index (χ4n) is 5.44. The van der Waals surface area contributed by atoms with Gasteiger partial charge in [-0.15, -0.1) is 0 Å². The number of fused-ring (bicyclic) bond motifs is 3. The smallest absolute Gasteiger partial charge is 1.00 e. The van der Waals surface area contributed by atoms with Crippen molar-refractivity contribution in [3.05, 3.63) is 140 Å². The van der Waals surface area contributed by atoms with Crippen molar-refractivity contribution in [2.24, 2.45) is 5.41 Å². The summed E-state index contributed by atoms with van der Waals surface area (Å²) in [7, 11) is -1.14. The fourth-order valence-corrected chi connectivity index (χ4v) is 12.2. The molecule has 0 atom stereocenters. The molecule has 4 aromatic carbocycles. The zero-order chi connectivity index (χ0) is 24.7. The van der Waals surface area contributed by atoms with Gasteiger partial charge >= 0.3 is 229 Å². The van der Waals surface area contributed by atoms with E-state index in [0.29, 0.717) is 0 Å². The maximum Gasteiger partial charge on any atom is -1.00 e. The third kappa shape index (κ3) is 5.47. The molecule has 6 rings (SSSR count). The summed E-state index contributed by atoms with van der Waals surface area (Å²) in [4.78, 5) is 1.55. The molecule has 0 spiro atoms. The molecule has 0 saturated heterocycles. The van der Waals surface area contributed by atoms with Crippen LogP contribution in [-0.2, 0) is 23.2 Å². The Kier molecular flexibility index (Phi) is 9.11. The van der Waals surface area contributed by atoms with Crippen molar-refractivity contribution in [2.75, 3.05) is 0 Å². The first-order chi connectivity index (χ1) is 17.5. The van der Waals surface area contributed by atoms with Crippen molar-refractivity contribution in [1.29, 1.82) is 0 Å². The largest absolute Gasteiger partial charge is 1.00 e. The van der Waals surface area contributed by atoms with Crippen molar-refractivity contribution in [1.82, 2.24) is 0 Å². The molecule has 188 valence electrons. The van der Waals surface area contributed by atoms with E-state index < -0.39 is 31.6 Å². The molecular formula is C34H30Cl2SiZr. The second-order valence-electron chi connectivity index (χ2n) is 10.7. The molecular weight excluding hydrogens is 599 g/mol. The van der Waals surface area contributed by atoms with Crippen LogP contribution in [0, 0.1) is 10.2 Å². The molecule has 0 N–H and O–H groups in total. The maximum absolute atomic E-state index is 2.54. The number of benzene rings is 4. The van der Waals surface area contributed by atoms with E-state index >= 15 is 0 Å². The predicted octanol–water partition coefficient (Wildman–Crippen LogP) is 0.316. The first-order valence-electron chi connectivity index (χ1n) is 12.8. The maximum atomic E-state index is 2.54. The zero-order valence-electron chi connectivity index (χ0n) is 21.9. The van der Waals surface area contributed by atoms with Crippen LogP contribution in [0.2, 0.25) is 0 Å².